The summed E-state index contributed by atoms with van der Waals surface area (Å²) < 4.78 is 1.77. The van der Waals surface area contributed by atoms with E-state index in [0.29, 0.717) is 18.8 Å². The number of thioether (sulfide) groups is 1. The van der Waals surface area contributed by atoms with E-state index in [1.807, 2.05) is 60.4 Å². The zero-order valence-corrected chi connectivity index (χ0v) is 14.8. The Morgan fingerprint density at radius 3 is 2.56 bits per heavy atom. The third kappa shape index (κ3) is 2.74. The largest absolute Gasteiger partial charge is 0.309 e. The molecule has 0 spiro atoms. The Morgan fingerprint density at radius 1 is 1.00 bits per heavy atom. The molecule has 0 fully saturated rings. The van der Waals surface area contributed by atoms with Crippen LogP contribution in [0.4, 0.5) is 5.69 Å². The van der Waals surface area contributed by atoms with E-state index in [1.54, 1.807) is 22.4 Å². The molecule has 0 radical (unpaired) electrons. The molecule has 0 saturated heterocycles. The molecule has 126 valence electrons. The van der Waals surface area contributed by atoms with Crippen LogP contribution in [0.3, 0.4) is 0 Å². The van der Waals surface area contributed by atoms with Gasteiger partial charge in [0.2, 0.25) is 5.91 Å². The number of nitrogens with zero attached hydrogens (tertiary/aromatic N) is 2. The van der Waals surface area contributed by atoms with E-state index in [2.05, 4.69) is 0 Å². The summed E-state index contributed by atoms with van der Waals surface area (Å²) in [7, 11) is 0. The summed E-state index contributed by atoms with van der Waals surface area (Å²) in [6.45, 7) is 3.16. The molecule has 25 heavy (non-hydrogen) atoms. The summed E-state index contributed by atoms with van der Waals surface area (Å²) in [6, 6.07) is 17.4. The molecule has 4 rings (SSSR count). The number of amides is 1. The highest BCUT2D eigenvalue weighted by molar-refractivity contribution is 8.00. The molecule has 0 unspecified atom stereocenters. The first-order valence-corrected chi connectivity index (χ1v) is 9.31. The van der Waals surface area contributed by atoms with Gasteiger partial charge in [-0.3, -0.25) is 9.59 Å². The van der Waals surface area contributed by atoms with Crippen LogP contribution in [-0.4, -0.2) is 16.2 Å². The number of pyridine rings is 1. The van der Waals surface area contributed by atoms with Gasteiger partial charge in [0.15, 0.2) is 0 Å². The van der Waals surface area contributed by atoms with Gasteiger partial charge in [0, 0.05) is 22.9 Å². The van der Waals surface area contributed by atoms with Crippen LogP contribution in [0, 0.1) is 0 Å². The predicted octanol–water partition coefficient (Wildman–Crippen LogP) is 3.66. The van der Waals surface area contributed by atoms with E-state index in [-0.39, 0.29) is 11.5 Å². The van der Waals surface area contributed by atoms with Crippen LogP contribution in [0.2, 0.25) is 0 Å². The molecule has 0 N–H and O–H groups in total. The predicted molar refractivity (Wildman–Crippen MR) is 102 cm³/mol. The molecule has 2 heterocycles. The van der Waals surface area contributed by atoms with Crippen molar-refractivity contribution in [2.24, 2.45) is 0 Å². The number of carbonyl (C=O) groups excluding carboxylic acids is 1. The minimum Gasteiger partial charge on any atom is -0.309 e. The lowest BCUT2D eigenvalue weighted by atomic mass is 10.1. The lowest BCUT2D eigenvalue weighted by Crippen LogP contribution is -2.35. The van der Waals surface area contributed by atoms with Crippen molar-refractivity contribution >= 4 is 34.3 Å². The van der Waals surface area contributed by atoms with Crippen LogP contribution >= 0.6 is 11.8 Å². The van der Waals surface area contributed by atoms with Crippen LogP contribution in [-0.2, 0) is 17.9 Å². The Kier molecular flexibility index (Phi) is 4.09. The molecule has 5 heteroatoms. The molecule has 0 aliphatic carbocycles. The fourth-order valence-electron chi connectivity index (χ4n) is 3.31. The highest BCUT2D eigenvalue weighted by Gasteiger charge is 2.26. The Bertz CT molecular complexity index is 1010. The van der Waals surface area contributed by atoms with Gasteiger partial charge < -0.3 is 9.47 Å². The van der Waals surface area contributed by atoms with Crippen molar-refractivity contribution in [1.29, 1.82) is 0 Å². The Labute approximate surface area is 150 Å². The number of fused-ring (bicyclic) bond motifs is 3. The van der Waals surface area contributed by atoms with Gasteiger partial charge in [-0.15, -0.1) is 11.8 Å². The number of aromatic nitrogens is 1. The molecule has 4 nitrogen and oxygen atoms in total. The molecule has 0 saturated carbocycles. The summed E-state index contributed by atoms with van der Waals surface area (Å²) in [5, 5.41) is 1.04. The van der Waals surface area contributed by atoms with E-state index in [1.165, 1.54) is 0 Å². The highest BCUT2D eigenvalue weighted by Crippen LogP contribution is 2.40. The first-order valence-electron chi connectivity index (χ1n) is 8.32. The first kappa shape index (κ1) is 16.0. The van der Waals surface area contributed by atoms with Crippen LogP contribution < -0.4 is 10.5 Å². The van der Waals surface area contributed by atoms with Gasteiger partial charge in [-0.1, -0.05) is 30.3 Å². The molecular weight excluding hydrogens is 332 g/mol. The Hall–Kier alpha value is -2.53. The maximum absolute atomic E-state index is 12.5. The van der Waals surface area contributed by atoms with Gasteiger partial charge in [-0.2, -0.15) is 0 Å². The molecule has 1 aromatic heterocycles. The summed E-state index contributed by atoms with van der Waals surface area (Å²) in [5.41, 5.74) is 2.97. The number of rotatable bonds is 3. The number of anilines is 1. The average Bonchev–Trinajstić information content (AvgIpc) is 2.64. The molecule has 2 aromatic carbocycles. The number of benzene rings is 2. The summed E-state index contributed by atoms with van der Waals surface area (Å²) >= 11 is 1.56. The molecule has 3 aromatic rings. The second-order valence-electron chi connectivity index (χ2n) is 6.02. The van der Waals surface area contributed by atoms with Crippen LogP contribution in [0.5, 0.6) is 0 Å². The fourth-order valence-corrected chi connectivity index (χ4v) is 4.39. The van der Waals surface area contributed by atoms with Crippen molar-refractivity contribution in [2.75, 3.05) is 10.7 Å². The van der Waals surface area contributed by atoms with E-state index in [4.69, 9.17) is 0 Å². The van der Waals surface area contributed by atoms with Crippen LogP contribution in [0.15, 0.2) is 64.3 Å². The van der Waals surface area contributed by atoms with Crippen LogP contribution in [0.25, 0.3) is 10.9 Å². The second-order valence-corrected chi connectivity index (χ2v) is 7.00. The van der Waals surface area contributed by atoms with E-state index in [0.717, 1.165) is 27.0 Å². The van der Waals surface area contributed by atoms with Crippen LogP contribution in [0.1, 0.15) is 12.5 Å². The van der Waals surface area contributed by atoms with Gasteiger partial charge in [0.25, 0.3) is 5.56 Å². The topological polar surface area (TPSA) is 42.3 Å². The maximum Gasteiger partial charge on any atom is 0.251 e. The number of aryl methyl sites for hydroxylation is 1. The molecule has 0 atom stereocenters. The fraction of sp³-hybridized carbons (Fsp3) is 0.200. The summed E-state index contributed by atoms with van der Waals surface area (Å²) in [4.78, 5) is 27.5. The average molecular weight is 350 g/mol. The van der Waals surface area contributed by atoms with Crippen molar-refractivity contribution in [1.82, 2.24) is 4.57 Å². The van der Waals surface area contributed by atoms with Crippen molar-refractivity contribution in [2.45, 2.75) is 24.9 Å². The molecule has 1 aliphatic heterocycles. The quantitative estimate of drug-likeness (QED) is 0.724. The van der Waals surface area contributed by atoms with Gasteiger partial charge in [-0.25, -0.2) is 0 Å². The normalized spacial score (nSPS) is 14.0. The standard InChI is InChI=1S/C20H18N2O2S/c1-2-21-16-9-10-17-20(15(16)8-11-18(21)23)25-13-19(24)22(17)12-14-6-4-3-5-7-14/h3-11H,2,12-13H2,1H3. The molecule has 1 aliphatic rings. The van der Waals surface area contributed by atoms with Crippen molar-refractivity contribution in [3.8, 4) is 0 Å². The third-order valence-corrected chi connectivity index (χ3v) is 5.64. The SMILES string of the molecule is CCn1c(=O)ccc2c3c(ccc21)N(Cc1ccccc1)C(=O)CS3. The molecular formula is C20H18N2O2S. The van der Waals surface area contributed by atoms with Crippen molar-refractivity contribution < 1.29 is 4.79 Å². The highest BCUT2D eigenvalue weighted by atomic mass is 32.2. The minimum absolute atomic E-state index is 0.00739. The van der Waals surface area contributed by atoms with Gasteiger partial charge >= 0.3 is 0 Å². The zero-order valence-electron chi connectivity index (χ0n) is 13.9. The Balaban J connectivity index is 1.86. The van der Waals surface area contributed by atoms with Gasteiger partial charge in [0.1, 0.15) is 0 Å². The lowest BCUT2D eigenvalue weighted by molar-refractivity contribution is -0.116. The van der Waals surface area contributed by atoms with Crippen molar-refractivity contribution in [3.05, 3.63) is 70.5 Å². The Morgan fingerprint density at radius 2 is 1.80 bits per heavy atom. The van der Waals surface area contributed by atoms with Gasteiger partial charge in [0.05, 0.1) is 23.5 Å². The molecule has 1 amide bonds. The van der Waals surface area contributed by atoms with E-state index >= 15 is 0 Å². The number of hydrogen-bond acceptors (Lipinski definition) is 3. The van der Waals surface area contributed by atoms with Crippen molar-refractivity contribution in [3.63, 3.8) is 0 Å². The smallest absolute Gasteiger partial charge is 0.251 e. The van der Waals surface area contributed by atoms with Gasteiger partial charge in [-0.05, 0) is 30.7 Å². The monoisotopic (exact) mass is 350 g/mol. The minimum atomic E-state index is 0.00739. The number of hydrogen-bond donors (Lipinski definition) is 0. The summed E-state index contributed by atoms with van der Waals surface area (Å²) in [6.07, 6.45) is 0. The van der Waals surface area contributed by atoms with E-state index in [9.17, 15) is 9.59 Å². The summed E-state index contributed by atoms with van der Waals surface area (Å²) in [5.74, 6) is 0.536. The second kappa shape index (κ2) is 6.41. The number of carbonyl (C=O) groups is 1. The van der Waals surface area contributed by atoms with E-state index < -0.39 is 0 Å². The maximum atomic E-state index is 12.5. The third-order valence-electron chi connectivity index (χ3n) is 4.53. The lowest BCUT2D eigenvalue weighted by Gasteiger charge is -2.30. The molecule has 0 bridgehead atoms. The first-order chi connectivity index (χ1) is 12.2. The zero-order chi connectivity index (χ0) is 17.4.